The van der Waals surface area contributed by atoms with E-state index in [1.54, 1.807) is 12.1 Å². The van der Waals surface area contributed by atoms with Crippen molar-refractivity contribution < 1.29 is 9.63 Å². The standard InChI is InChI=1S/C11H8Cl2N4O2/c1-19-15-6-7-5-9(10(13)18)17(16-7)11-8(12)3-2-4-14-11/h2-6H,1H3. The molecule has 2 heterocycles. The van der Waals surface area contributed by atoms with Crippen molar-refractivity contribution in [1.29, 1.82) is 0 Å². The lowest BCUT2D eigenvalue weighted by molar-refractivity contribution is 0.107. The first kappa shape index (κ1) is 13.5. The lowest BCUT2D eigenvalue weighted by Gasteiger charge is -2.04. The molecule has 0 aliphatic heterocycles. The fraction of sp³-hybridized carbons (Fsp3) is 0.0909. The molecular formula is C11H8Cl2N4O2. The second-order valence-corrected chi connectivity index (χ2v) is 4.12. The summed E-state index contributed by atoms with van der Waals surface area (Å²) in [5.74, 6) is 0.310. The van der Waals surface area contributed by atoms with Crippen LogP contribution in [0.3, 0.4) is 0 Å². The van der Waals surface area contributed by atoms with E-state index in [1.807, 2.05) is 0 Å². The molecule has 0 aliphatic carbocycles. The average Bonchev–Trinajstić information content (AvgIpc) is 2.81. The van der Waals surface area contributed by atoms with E-state index in [0.29, 0.717) is 16.5 Å². The van der Waals surface area contributed by atoms with Crippen molar-refractivity contribution in [2.24, 2.45) is 5.16 Å². The molecule has 2 aromatic heterocycles. The first-order valence-corrected chi connectivity index (χ1v) is 5.86. The number of rotatable bonds is 4. The van der Waals surface area contributed by atoms with Crippen molar-refractivity contribution in [2.75, 3.05) is 7.11 Å². The molecular weight excluding hydrogens is 291 g/mol. The summed E-state index contributed by atoms with van der Waals surface area (Å²) in [6.07, 6.45) is 2.88. The maximum absolute atomic E-state index is 11.4. The SMILES string of the molecule is CON=Cc1cc(C(=O)Cl)n(-c2ncccc2Cl)n1. The molecule has 0 bridgehead atoms. The van der Waals surface area contributed by atoms with E-state index in [9.17, 15) is 4.79 Å². The van der Waals surface area contributed by atoms with Crippen LogP contribution in [0.4, 0.5) is 0 Å². The Morgan fingerprint density at radius 1 is 1.58 bits per heavy atom. The number of hydrogen-bond donors (Lipinski definition) is 0. The highest BCUT2D eigenvalue weighted by Gasteiger charge is 2.16. The normalized spacial score (nSPS) is 10.9. The van der Waals surface area contributed by atoms with Gasteiger partial charge in [0, 0.05) is 6.20 Å². The minimum absolute atomic E-state index is 0.139. The van der Waals surface area contributed by atoms with E-state index in [1.165, 1.54) is 30.3 Å². The number of aromatic nitrogens is 3. The molecule has 0 amide bonds. The van der Waals surface area contributed by atoms with Gasteiger partial charge in [-0.1, -0.05) is 16.8 Å². The predicted octanol–water partition coefficient (Wildman–Crippen LogP) is 2.28. The second-order valence-electron chi connectivity index (χ2n) is 3.37. The number of carbonyl (C=O) groups excluding carboxylic acids is 1. The number of nitrogens with zero attached hydrogens (tertiary/aromatic N) is 4. The predicted molar refractivity (Wildman–Crippen MR) is 71.2 cm³/mol. The zero-order chi connectivity index (χ0) is 13.8. The van der Waals surface area contributed by atoms with Gasteiger partial charge in [0.1, 0.15) is 18.5 Å². The summed E-state index contributed by atoms with van der Waals surface area (Å²) < 4.78 is 1.26. The number of oxime groups is 1. The molecule has 0 atom stereocenters. The number of carbonyl (C=O) groups is 1. The minimum atomic E-state index is -0.675. The first-order valence-electron chi connectivity index (χ1n) is 5.11. The van der Waals surface area contributed by atoms with Gasteiger partial charge in [-0.25, -0.2) is 9.67 Å². The maximum Gasteiger partial charge on any atom is 0.271 e. The van der Waals surface area contributed by atoms with Gasteiger partial charge in [-0.3, -0.25) is 4.79 Å². The monoisotopic (exact) mass is 298 g/mol. The molecule has 2 rings (SSSR count). The molecule has 0 spiro atoms. The Balaban J connectivity index is 2.55. The highest BCUT2D eigenvalue weighted by Crippen LogP contribution is 2.19. The van der Waals surface area contributed by atoms with E-state index in [0.717, 1.165) is 0 Å². The number of pyridine rings is 1. The van der Waals surface area contributed by atoms with Gasteiger partial charge < -0.3 is 4.84 Å². The van der Waals surface area contributed by atoms with Gasteiger partial charge in [-0.15, -0.1) is 0 Å². The van der Waals surface area contributed by atoms with Crippen LogP contribution in [0.25, 0.3) is 5.82 Å². The van der Waals surface area contributed by atoms with E-state index >= 15 is 0 Å². The Morgan fingerprint density at radius 2 is 2.37 bits per heavy atom. The van der Waals surface area contributed by atoms with Crippen molar-refractivity contribution in [1.82, 2.24) is 14.8 Å². The highest BCUT2D eigenvalue weighted by atomic mass is 35.5. The molecule has 0 saturated heterocycles. The molecule has 0 aromatic carbocycles. The van der Waals surface area contributed by atoms with Crippen molar-refractivity contribution in [2.45, 2.75) is 0 Å². The number of hydrogen-bond acceptors (Lipinski definition) is 5. The van der Waals surface area contributed by atoms with Gasteiger partial charge in [0.2, 0.25) is 0 Å². The molecule has 0 aliphatic rings. The maximum atomic E-state index is 11.4. The van der Waals surface area contributed by atoms with Gasteiger partial charge in [-0.2, -0.15) is 5.10 Å². The van der Waals surface area contributed by atoms with Crippen LogP contribution in [0, 0.1) is 0 Å². The first-order chi connectivity index (χ1) is 9.13. The molecule has 0 fully saturated rings. The zero-order valence-electron chi connectivity index (χ0n) is 9.75. The summed E-state index contributed by atoms with van der Waals surface area (Å²) in [5, 5.41) is 7.37. The van der Waals surface area contributed by atoms with E-state index in [2.05, 4.69) is 20.1 Å². The third-order valence-electron chi connectivity index (χ3n) is 2.16. The van der Waals surface area contributed by atoms with Gasteiger partial charge in [0.25, 0.3) is 5.24 Å². The summed E-state index contributed by atoms with van der Waals surface area (Å²) >= 11 is 11.5. The summed E-state index contributed by atoms with van der Waals surface area (Å²) in [4.78, 5) is 20.0. The van der Waals surface area contributed by atoms with Crippen LogP contribution < -0.4 is 0 Å². The average molecular weight is 299 g/mol. The smallest absolute Gasteiger partial charge is 0.271 e. The summed E-state index contributed by atoms with van der Waals surface area (Å²) in [6, 6.07) is 4.77. The zero-order valence-corrected chi connectivity index (χ0v) is 11.3. The third-order valence-corrected chi connectivity index (χ3v) is 2.65. The summed E-state index contributed by atoms with van der Waals surface area (Å²) in [7, 11) is 1.40. The second kappa shape index (κ2) is 5.81. The van der Waals surface area contributed by atoms with E-state index in [-0.39, 0.29) is 5.69 Å². The van der Waals surface area contributed by atoms with Crippen LogP contribution in [0.5, 0.6) is 0 Å². The number of halogens is 2. The van der Waals surface area contributed by atoms with Crippen LogP contribution in [-0.4, -0.2) is 33.3 Å². The Hall–Kier alpha value is -1.92. The summed E-state index contributed by atoms with van der Waals surface area (Å²) in [5.41, 5.74) is 0.535. The van der Waals surface area contributed by atoms with Gasteiger partial charge in [-0.05, 0) is 29.8 Å². The van der Waals surface area contributed by atoms with Crippen LogP contribution in [-0.2, 0) is 4.84 Å². The van der Waals surface area contributed by atoms with Crippen LogP contribution in [0.1, 0.15) is 16.2 Å². The van der Waals surface area contributed by atoms with E-state index in [4.69, 9.17) is 23.2 Å². The molecule has 2 aromatic rings. The Kier molecular flexibility index (Phi) is 4.13. The van der Waals surface area contributed by atoms with Crippen molar-refractivity contribution in [3.8, 4) is 5.82 Å². The van der Waals surface area contributed by atoms with Crippen LogP contribution >= 0.6 is 23.2 Å². The van der Waals surface area contributed by atoms with Crippen molar-refractivity contribution in [3.63, 3.8) is 0 Å². The topological polar surface area (TPSA) is 69.4 Å². The fourth-order valence-corrected chi connectivity index (χ4v) is 1.74. The van der Waals surface area contributed by atoms with Crippen molar-refractivity contribution in [3.05, 3.63) is 40.8 Å². The van der Waals surface area contributed by atoms with Crippen molar-refractivity contribution >= 4 is 34.7 Å². The third kappa shape index (κ3) is 2.91. The highest BCUT2D eigenvalue weighted by molar-refractivity contribution is 6.67. The summed E-state index contributed by atoms with van der Waals surface area (Å²) in [6.45, 7) is 0. The lowest BCUT2D eigenvalue weighted by Crippen LogP contribution is -2.07. The molecule has 6 nitrogen and oxygen atoms in total. The minimum Gasteiger partial charge on any atom is -0.399 e. The molecule has 8 heteroatoms. The fourth-order valence-electron chi connectivity index (χ4n) is 1.40. The molecule has 0 radical (unpaired) electrons. The van der Waals surface area contributed by atoms with Gasteiger partial charge in [0.15, 0.2) is 5.82 Å². The molecule has 0 saturated carbocycles. The van der Waals surface area contributed by atoms with Gasteiger partial charge in [0.05, 0.1) is 11.2 Å². The lowest BCUT2D eigenvalue weighted by atomic mass is 10.4. The molecule has 98 valence electrons. The largest absolute Gasteiger partial charge is 0.399 e. The van der Waals surface area contributed by atoms with Crippen LogP contribution in [0.15, 0.2) is 29.6 Å². The molecule has 19 heavy (non-hydrogen) atoms. The Morgan fingerprint density at radius 3 is 3.00 bits per heavy atom. The molecule has 0 unspecified atom stereocenters. The Labute approximate surface area is 118 Å². The molecule has 0 N–H and O–H groups in total. The Bertz CT molecular complexity index is 639. The van der Waals surface area contributed by atoms with Gasteiger partial charge >= 0.3 is 0 Å². The van der Waals surface area contributed by atoms with E-state index < -0.39 is 5.24 Å². The quantitative estimate of drug-likeness (QED) is 0.493. The van der Waals surface area contributed by atoms with Crippen LogP contribution in [0.2, 0.25) is 5.02 Å².